The highest BCUT2D eigenvalue weighted by Crippen LogP contribution is 2.22. The summed E-state index contributed by atoms with van der Waals surface area (Å²) in [6.07, 6.45) is 0. The molecular formula is C12H13N3O3. The average molecular weight is 247 g/mol. The molecule has 0 spiro atoms. The number of anilines is 1. The number of nitrogens with two attached hydrogens (primary N) is 2. The van der Waals surface area contributed by atoms with Crippen LogP contribution in [0, 0.1) is 0 Å². The summed E-state index contributed by atoms with van der Waals surface area (Å²) in [6.45, 7) is -0.155. The quantitative estimate of drug-likeness (QED) is 0.774. The van der Waals surface area contributed by atoms with Crippen LogP contribution in [-0.4, -0.2) is 30.3 Å². The van der Waals surface area contributed by atoms with Gasteiger partial charge >= 0.3 is 0 Å². The van der Waals surface area contributed by atoms with Crippen molar-refractivity contribution in [2.75, 3.05) is 19.3 Å². The molecule has 0 fully saturated rings. The van der Waals surface area contributed by atoms with Crippen molar-refractivity contribution in [2.45, 2.75) is 0 Å². The van der Waals surface area contributed by atoms with Gasteiger partial charge in [0.2, 0.25) is 5.91 Å². The van der Waals surface area contributed by atoms with Crippen molar-refractivity contribution in [1.29, 1.82) is 0 Å². The summed E-state index contributed by atoms with van der Waals surface area (Å²) in [4.78, 5) is 23.9. The third-order valence-corrected chi connectivity index (χ3v) is 2.49. The number of carbonyl (C=O) groups is 2. The van der Waals surface area contributed by atoms with Gasteiger partial charge in [0.05, 0.1) is 6.54 Å². The molecule has 18 heavy (non-hydrogen) atoms. The molecule has 2 amide bonds. The minimum atomic E-state index is -0.578. The Balaban J connectivity index is 2.30. The van der Waals surface area contributed by atoms with E-state index in [0.717, 1.165) is 5.39 Å². The predicted molar refractivity (Wildman–Crippen MR) is 66.8 cm³/mol. The van der Waals surface area contributed by atoms with E-state index in [1.165, 1.54) is 11.9 Å². The van der Waals surface area contributed by atoms with Crippen LogP contribution in [0.15, 0.2) is 28.7 Å². The number of rotatable bonds is 3. The van der Waals surface area contributed by atoms with Crippen molar-refractivity contribution in [2.24, 2.45) is 5.73 Å². The Morgan fingerprint density at radius 1 is 1.33 bits per heavy atom. The van der Waals surface area contributed by atoms with E-state index in [4.69, 9.17) is 15.9 Å². The Bertz CT molecular complexity index is 618. The lowest BCUT2D eigenvalue weighted by Crippen LogP contribution is -2.35. The second-order valence-corrected chi connectivity index (χ2v) is 4.04. The van der Waals surface area contributed by atoms with E-state index in [2.05, 4.69) is 0 Å². The molecule has 4 N–H and O–H groups in total. The molecule has 0 saturated carbocycles. The van der Waals surface area contributed by atoms with E-state index in [1.807, 2.05) is 0 Å². The fourth-order valence-electron chi connectivity index (χ4n) is 1.66. The van der Waals surface area contributed by atoms with Gasteiger partial charge in [0.1, 0.15) is 5.58 Å². The Kier molecular flexibility index (Phi) is 2.93. The molecule has 0 unspecified atom stereocenters. The van der Waals surface area contributed by atoms with E-state index in [-0.39, 0.29) is 12.3 Å². The maximum absolute atomic E-state index is 11.9. The second-order valence-electron chi connectivity index (χ2n) is 4.04. The third kappa shape index (κ3) is 2.27. The Morgan fingerprint density at radius 2 is 2.06 bits per heavy atom. The van der Waals surface area contributed by atoms with E-state index in [1.54, 1.807) is 24.3 Å². The number of carbonyl (C=O) groups excluding carboxylic acids is 2. The highest BCUT2D eigenvalue weighted by Gasteiger charge is 2.17. The van der Waals surface area contributed by atoms with Crippen molar-refractivity contribution in [1.82, 2.24) is 4.90 Å². The lowest BCUT2D eigenvalue weighted by Gasteiger charge is -2.12. The van der Waals surface area contributed by atoms with Crippen LogP contribution in [0.3, 0.4) is 0 Å². The van der Waals surface area contributed by atoms with Crippen molar-refractivity contribution in [3.63, 3.8) is 0 Å². The summed E-state index contributed by atoms with van der Waals surface area (Å²) in [7, 11) is 1.48. The Morgan fingerprint density at radius 3 is 2.72 bits per heavy atom. The molecular weight excluding hydrogens is 234 g/mol. The van der Waals surface area contributed by atoms with Crippen LogP contribution < -0.4 is 11.5 Å². The number of nitrogen functional groups attached to an aromatic ring is 1. The molecule has 0 radical (unpaired) electrons. The van der Waals surface area contributed by atoms with Gasteiger partial charge in [-0.25, -0.2) is 0 Å². The molecule has 1 aromatic heterocycles. The number of nitrogens with zero attached hydrogens (tertiary/aromatic N) is 1. The normalized spacial score (nSPS) is 10.5. The first-order chi connectivity index (χ1) is 8.47. The lowest BCUT2D eigenvalue weighted by atomic mass is 10.2. The van der Waals surface area contributed by atoms with E-state index in [0.29, 0.717) is 11.3 Å². The summed E-state index contributed by atoms with van der Waals surface area (Å²) in [5.41, 5.74) is 11.8. The highest BCUT2D eigenvalue weighted by molar-refractivity contribution is 5.98. The Hall–Kier alpha value is -2.50. The molecule has 6 nitrogen and oxygen atoms in total. The van der Waals surface area contributed by atoms with Gasteiger partial charge in [0, 0.05) is 18.1 Å². The largest absolute Gasteiger partial charge is 0.451 e. The van der Waals surface area contributed by atoms with Crippen LogP contribution in [0.1, 0.15) is 10.6 Å². The van der Waals surface area contributed by atoms with Crippen LogP contribution >= 0.6 is 0 Å². The predicted octanol–water partition coefficient (Wildman–Crippen LogP) is 0.572. The molecule has 94 valence electrons. The second kappa shape index (κ2) is 4.40. The molecule has 0 aliphatic rings. The SMILES string of the molecule is CN(CC(N)=O)C(=O)c1cc2cc(N)ccc2o1. The van der Waals surface area contributed by atoms with Gasteiger partial charge in [-0.2, -0.15) is 0 Å². The monoisotopic (exact) mass is 247 g/mol. The van der Waals surface area contributed by atoms with Crippen LogP contribution in [-0.2, 0) is 4.79 Å². The first-order valence-electron chi connectivity index (χ1n) is 5.30. The zero-order valence-corrected chi connectivity index (χ0v) is 9.84. The molecule has 0 aliphatic heterocycles. The summed E-state index contributed by atoms with van der Waals surface area (Å²) in [6, 6.07) is 6.68. The van der Waals surface area contributed by atoms with Gasteiger partial charge < -0.3 is 20.8 Å². The van der Waals surface area contributed by atoms with E-state index < -0.39 is 11.8 Å². The van der Waals surface area contributed by atoms with Gasteiger partial charge in [-0.3, -0.25) is 9.59 Å². The fourth-order valence-corrected chi connectivity index (χ4v) is 1.66. The summed E-state index contributed by atoms with van der Waals surface area (Å²) in [5.74, 6) is -0.825. The van der Waals surface area contributed by atoms with Crippen LogP contribution in [0.25, 0.3) is 11.0 Å². The van der Waals surface area contributed by atoms with Crippen molar-refractivity contribution in [3.8, 4) is 0 Å². The minimum absolute atomic E-state index is 0.152. The zero-order valence-electron chi connectivity index (χ0n) is 9.84. The number of furan rings is 1. The van der Waals surface area contributed by atoms with Crippen LogP contribution in [0.4, 0.5) is 5.69 Å². The number of hydrogen-bond acceptors (Lipinski definition) is 4. The third-order valence-electron chi connectivity index (χ3n) is 2.49. The highest BCUT2D eigenvalue weighted by atomic mass is 16.3. The topological polar surface area (TPSA) is 103 Å². The number of amides is 2. The smallest absolute Gasteiger partial charge is 0.289 e. The molecule has 0 aliphatic carbocycles. The molecule has 0 saturated heterocycles. The molecule has 1 heterocycles. The lowest BCUT2D eigenvalue weighted by molar-refractivity contribution is -0.118. The fraction of sp³-hybridized carbons (Fsp3) is 0.167. The zero-order chi connectivity index (χ0) is 13.3. The molecule has 2 aromatic rings. The van der Waals surface area contributed by atoms with Gasteiger partial charge in [0.15, 0.2) is 5.76 Å². The first-order valence-corrected chi connectivity index (χ1v) is 5.30. The van der Waals surface area contributed by atoms with Gasteiger partial charge in [0.25, 0.3) is 5.91 Å². The van der Waals surface area contributed by atoms with Crippen LogP contribution in [0.5, 0.6) is 0 Å². The number of hydrogen-bond donors (Lipinski definition) is 2. The molecule has 1 aromatic carbocycles. The molecule has 6 heteroatoms. The summed E-state index contributed by atoms with van der Waals surface area (Å²) in [5, 5.41) is 0.742. The average Bonchev–Trinajstić information content (AvgIpc) is 2.69. The van der Waals surface area contributed by atoms with Gasteiger partial charge in [-0.1, -0.05) is 0 Å². The Labute approximate surface area is 103 Å². The standard InChI is InChI=1S/C12H13N3O3/c1-15(6-11(14)16)12(17)10-5-7-4-8(13)2-3-9(7)18-10/h2-5H,6,13H2,1H3,(H2,14,16). The van der Waals surface area contributed by atoms with Crippen molar-refractivity contribution >= 4 is 28.5 Å². The number of likely N-dealkylation sites (N-methyl/N-ethyl adjacent to an activating group) is 1. The van der Waals surface area contributed by atoms with Crippen molar-refractivity contribution in [3.05, 3.63) is 30.0 Å². The van der Waals surface area contributed by atoms with Crippen molar-refractivity contribution < 1.29 is 14.0 Å². The summed E-state index contributed by atoms with van der Waals surface area (Å²) >= 11 is 0. The molecule has 0 atom stereocenters. The van der Waals surface area contributed by atoms with Gasteiger partial charge in [-0.15, -0.1) is 0 Å². The van der Waals surface area contributed by atoms with Gasteiger partial charge in [-0.05, 0) is 24.3 Å². The first kappa shape index (κ1) is 12.0. The van der Waals surface area contributed by atoms with Crippen LogP contribution in [0.2, 0.25) is 0 Å². The number of primary amides is 1. The minimum Gasteiger partial charge on any atom is -0.451 e. The number of benzene rings is 1. The number of fused-ring (bicyclic) bond motifs is 1. The maximum atomic E-state index is 11.9. The molecule has 2 rings (SSSR count). The molecule has 0 bridgehead atoms. The summed E-state index contributed by atoms with van der Waals surface area (Å²) < 4.78 is 5.39. The van der Waals surface area contributed by atoms with E-state index >= 15 is 0 Å². The van der Waals surface area contributed by atoms with E-state index in [9.17, 15) is 9.59 Å². The maximum Gasteiger partial charge on any atom is 0.289 e.